The number of rotatable bonds is 3. The van der Waals surface area contributed by atoms with E-state index in [4.69, 9.17) is 4.74 Å². The Morgan fingerprint density at radius 1 is 1.33 bits per heavy atom. The first-order valence-electron chi connectivity index (χ1n) is 6.61. The Hall–Kier alpha value is -1.35. The van der Waals surface area contributed by atoms with E-state index in [2.05, 4.69) is 30.0 Å². The molecule has 0 radical (unpaired) electrons. The Kier molecular flexibility index (Phi) is 3.71. The van der Waals surface area contributed by atoms with Crippen molar-refractivity contribution >= 4 is 5.97 Å². The number of esters is 1. The molecule has 2 rings (SSSR count). The maximum absolute atomic E-state index is 12.2. The van der Waals surface area contributed by atoms with Crippen molar-refractivity contribution in [3.05, 3.63) is 35.4 Å². The normalized spacial score (nSPS) is 23.5. The fourth-order valence-corrected chi connectivity index (χ4v) is 2.70. The minimum Gasteiger partial charge on any atom is -0.465 e. The Bertz CT molecular complexity index is 444. The SMILES string of the molecule is CCOC(=O)C1(C)Cc2ccccc2CN1CC. The lowest BCUT2D eigenvalue weighted by Gasteiger charge is -2.42. The fraction of sp³-hybridized carbons (Fsp3) is 0.533. The quantitative estimate of drug-likeness (QED) is 0.768. The highest BCUT2D eigenvalue weighted by Gasteiger charge is 2.43. The van der Waals surface area contributed by atoms with Gasteiger partial charge in [-0.15, -0.1) is 0 Å². The van der Waals surface area contributed by atoms with Crippen LogP contribution in [-0.4, -0.2) is 29.6 Å². The summed E-state index contributed by atoms with van der Waals surface area (Å²) in [4.78, 5) is 14.4. The van der Waals surface area contributed by atoms with Gasteiger partial charge in [0.1, 0.15) is 5.54 Å². The summed E-state index contributed by atoms with van der Waals surface area (Å²) in [6, 6.07) is 8.34. The summed E-state index contributed by atoms with van der Waals surface area (Å²) in [5.41, 5.74) is 2.05. The number of hydrogen-bond acceptors (Lipinski definition) is 3. The molecule has 98 valence electrons. The van der Waals surface area contributed by atoms with E-state index in [9.17, 15) is 4.79 Å². The molecule has 0 N–H and O–H groups in total. The van der Waals surface area contributed by atoms with Crippen molar-refractivity contribution in [2.75, 3.05) is 13.2 Å². The predicted molar refractivity (Wildman–Crippen MR) is 71.3 cm³/mol. The van der Waals surface area contributed by atoms with E-state index in [-0.39, 0.29) is 5.97 Å². The van der Waals surface area contributed by atoms with Crippen LogP contribution >= 0.6 is 0 Å². The summed E-state index contributed by atoms with van der Waals surface area (Å²) in [7, 11) is 0. The second kappa shape index (κ2) is 5.11. The largest absolute Gasteiger partial charge is 0.465 e. The minimum atomic E-state index is -0.529. The number of fused-ring (bicyclic) bond motifs is 1. The topological polar surface area (TPSA) is 29.5 Å². The number of carbonyl (C=O) groups is 1. The van der Waals surface area contributed by atoms with Gasteiger partial charge in [0.2, 0.25) is 0 Å². The minimum absolute atomic E-state index is 0.110. The lowest BCUT2D eigenvalue weighted by molar-refractivity contribution is -0.158. The van der Waals surface area contributed by atoms with Gasteiger partial charge < -0.3 is 4.74 Å². The van der Waals surface area contributed by atoms with Gasteiger partial charge in [0.15, 0.2) is 0 Å². The van der Waals surface area contributed by atoms with Gasteiger partial charge in [-0.3, -0.25) is 9.69 Å². The number of benzene rings is 1. The number of ether oxygens (including phenoxy) is 1. The van der Waals surface area contributed by atoms with E-state index >= 15 is 0 Å². The fourth-order valence-electron chi connectivity index (χ4n) is 2.70. The molecule has 1 unspecified atom stereocenters. The van der Waals surface area contributed by atoms with E-state index in [1.54, 1.807) is 0 Å². The van der Waals surface area contributed by atoms with E-state index in [1.165, 1.54) is 11.1 Å². The summed E-state index contributed by atoms with van der Waals surface area (Å²) >= 11 is 0. The third-order valence-corrected chi connectivity index (χ3v) is 3.81. The summed E-state index contributed by atoms with van der Waals surface area (Å²) in [5.74, 6) is -0.110. The zero-order valence-electron chi connectivity index (χ0n) is 11.4. The second-order valence-electron chi connectivity index (χ2n) is 4.95. The number of hydrogen-bond donors (Lipinski definition) is 0. The highest BCUT2D eigenvalue weighted by Crippen LogP contribution is 2.31. The Morgan fingerprint density at radius 3 is 2.61 bits per heavy atom. The smallest absolute Gasteiger partial charge is 0.326 e. The van der Waals surface area contributed by atoms with Crippen LogP contribution < -0.4 is 0 Å². The van der Waals surface area contributed by atoms with Crippen molar-refractivity contribution in [2.45, 2.75) is 39.3 Å². The first kappa shape index (κ1) is 13.1. The Balaban J connectivity index is 2.34. The van der Waals surface area contributed by atoms with Crippen LogP contribution in [0, 0.1) is 0 Å². The number of likely N-dealkylation sites (N-methyl/N-ethyl adjacent to an activating group) is 1. The predicted octanol–water partition coefficient (Wildman–Crippen LogP) is 2.39. The summed E-state index contributed by atoms with van der Waals surface area (Å²) < 4.78 is 5.25. The molecule has 0 amide bonds. The van der Waals surface area contributed by atoms with Crippen molar-refractivity contribution < 1.29 is 9.53 Å². The molecule has 1 atom stereocenters. The van der Waals surface area contributed by atoms with Crippen molar-refractivity contribution in [3.8, 4) is 0 Å². The van der Waals surface area contributed by atoms with Crippen LogP contribution in [0.4, 0.5) is 0 Å². The molecular formula is C15H21NO2. The van der Waals surface area contributed by atoms with Gasteiger partial charge in [-0.05, 0) is 31.5 Å². The van der Waals surface area contributed by atoms with Gasteiger partial charge in [-0.1, -0.05) is 31.2 Å². The second-order valence-corrected chi connectivity index (χ2v) is 4.95. The van der Waals surface area contributed by atoms with Gasteiger partial charge >= 0.3 is 5.97 Å². The van der Waals surface area contributed by atoms with Gasteiger partial charge in [0, 0.05) is 13.0 Å². The van der Waals surface area contributed by atoms with Gasteiger partial charge in [0.25, 0.3) is 0 Å². The van der Waals surface area contributed by atoms with Gasteiger partial charge in [0.05, 0.1) is 6.61 Å². The molecule has 3 heteroatoms. The van der Waals surface area contributed by atoms with Crippen LogP contribution in [0.3, 0.4) is 0 Å². The van der Waals surface area contributed by atoms with E-state index in [0.29, 0.717) is 6.61 Å². The van der Waals surface area contributed by atoms with Crippen LogP contribution in [0.15, 0.2) is 24.3 Å². The lowest BCUT2D eigenvalue weighted by Crippen LogP contribution is -2.56. The maximum atomic E-state index is 12.2. The van der Waals surface area contributed by atoms with Crippen LogP contribution in [0.2, 0.25) is 0 Å². The third kappa shape index (κ3) is 2.15. The highest BCUT2D eigenvalue weighted by molar-refractivity contribution is 5.81. The molecule has 0 aromatic heterocycles. The zero-order chi connectivity index (χ0) is 13.2. The molecule has 0 aliphatic carbocycles. The number of nitrogens with zero attached hydrogens (tertiary/aromatic N) is 1. The maximum Gasteiger partial charge on any atom is 0.326 e. The Morgan fingerprint density at radius 2 is 2.00 bits per heavy atom. The van der Waals surface area contributed by atoms with Crippen LogP contribution in [0.5, 0.6) is 0 Å². The summed E-state index contributed by atoms with van der Waals surface area (Å²) in [5, 5.41) is 0. The monoisotopic (exact) mass is 247 g/mol. The molecule has 1 aliphatic rings. The standard InChI is InChI=1S/C15H21NO2/c1-4-16-11-13-9-7-6-8-12(13)10-15(16,3)14(17)18-5-2/h6-9H,4-5,10-11H2,1-3H3. The Labute approximate surface area is 109 Å². The molecule has 3 nitrogen and oxygen atoms in total. The molecular weight excluding hydrogens is 226 g/mol. The first-order chi connectivity index (χ1) is 8.61. The molecule has 1 aromatic rings. The van der Waals surface area contributed by atoms with Crippen molar-refractivity contribution in [1.82, 2.24) is 4.90 Å². The highest BCUT2D eigenvalue weighted by atomic mass is 16.5. The molecule has 0 spiro atoms. The zero-order valence-corrected chi connectivity index (χ0v) is 11.4. The molecule has 0 saturated carbocycles. The molecule has 0 bridgehead atoms. The first-order valence-corrected chi connectivity index (χ1v) is 6.61. The molecule has 1 aliphatic heterocycles. The van der Waals surface area contributed by atoms with E-state index in [0.717, 1.165) is 19.5 Å². The average Bonchev–Trinajstić information content (AvgIpc) is 2.38. The average molecular weight is 247 g/mol. The van der Waals surface area contributed by atoms with Crippen LogP contribution in [-0.2, 0) is 22.5 Å². The van der Waals surface area contributed by atoms with E-state index < -0.39 is 5.54 Å². The molecule has 18 heavy (non-hydrogen) atoms. The molecule has 0 fully saturated rings. The van der Waals surface area contributed by atoms with Gasteiger partial charge in [-0.2, -0.15) is 0 Å². The van der Waals surface area contributed by atoms with Crippen LogP contribution in [0.25, 0.3) is 0 Å². The lowest BCUT2D eigenvalue weighted by atomic mass is 9.84. The molecule has 0 saturated heterocycles. The van der Waals surface area contributed by atoms with E-state index in [1.807, 2.05) is 19.9 Å². The molecule has 1 aromatic carbocycles. The van der Waals surface area contributed by atoms with Gasteiger partial charge in [-0.25, -0.2) is 0 Å². The molecule has 1 heterocycles. The third-order valence-electron chi connectivity index (χ3n) is 3.81. The van der Waals surface area contributed by atoms with Crippen molar-refractivity contribution in [1.29, 1.82) is 0 Å². The number of carbonyl (C=O) groups excluding carboxylic acids is 1. The summed E-state index contributed by atoms with van der Waals surface area (Å²) in [6.07, 6.45) is 0.732. The van der Waals surface area contributed by atoms with Crippen LogP contribution in [0.1, 0.15) is 31.9 Å². The summed E-state index contributed by atoms with van der Waals surface area (Å²) in [6.45, 7) is 8.05. The van der Waals surface area contributed by atoms with Crippen molar-refractivity contribution in [2.24, 2.45) is 0 Å². The van der Waals surface area contributed by atoms with Crippen molar-refractivity contribution in [3.63, 3.8) is 0 Å².